The fourth-order valence-electron chi connectivity index (χ4n) is 9.65. The Bertz CT molecular complexity index is 1910. The molecule has 7 atom stereocenters. The summed E-state index contributed by atoms with van der Waals surface area (Å²) >= 11 is 0. The Morgan fingerprint density at radius 1 is 0.969 bits per heavy atom. The predicted molar refractivity (Wildman–Crippen MR) is 239 cm³/mol. The van der Waals surface area contributed by atoms with Crippen LogP contribution in [0.2, 0.25) is 0 Å². The zero-order valence-electron chi connectivity index (χ0n) is 37.1. The van der Waals surface area contributed by atoms with E-state index in [1.807, 2.05) is 12.1 Å². The molecule has 0 bridgehead atoms. The number of oxime groups is 1. The third-order valence-corrected chi connectivity index (χ3v) is 12.5. The first-order valence-electron chi connectivity index (χ1n) is 22.8. The van der Waals surface area contributed by atoms with Crippen molar-refractivity contribution in [2.45, 2.75) is 94.7 Å². The van der Waals surface area contributed by atoms with Crippen molar-refractivity contribution in [3.8, 4) is 23.0 Å². The summed E-state index contributed by atoms with van der Waals surface area (Å²) in [6, 6.07) is 9.84. The molecule has 0 radical (unpaired) electrons. The number of fused-ring (bicyclic) bond motifs is 2. The number of aliphatic hydroxyl groups excluding tert-OH is 3. The lowest BCUT2D eigenvalue weighted by Crippen LogP contribution is -2.70. The third kappa shape index (κ3) is 11.5. The highest BCUT2D eigenvalue weighted by atomic mass is 16.8. The van der Waals surface area contributed by atoms with E-state index in [9.17, 15) is 24.9 Å². The molecule has 2 aromatic carbocycles. The Hall–Kier alpha value is -4.77. The van der Waals surface area contributed by atoms with Crippen LogP contribution < -0.4 is 14.2 Å². The van der Waals surface area contributed by atoms with Crippen molar-refractivity contribution in [1.82, 2.24) is 4.90 Å². The maximum absolute atomic E-state index is 14.5. The van der Waals surface area contributed by atoms with Gasteiger partial charge in [-0.2, -0.15) is 0 Å². The van der Waals surface area contributed by atoms with Crippen molar-refractivity contribution < 1.29 is 62.9 Å². The molecule has 15 heteroatoms. The normalized spacial score (nSPS) is 25.2. The molecule has 3 N–H and O–H groups in total. The minimum atomic E-state index is -1.53. The highest BCUT2D eigenvalue weighted by Gasteiger charge is 2.65. The number of carbonyl (C=O) groups is 2. The lowest BCUT2D eigenvalue weighted by Gasteiger charge is -2.59. The summed E-state index contributed by atoms with van der Waals surface area (Å²) in [4.78, 5) is 34.2. The topological polar surface area (TPSA) is 184 Å². The van der Waals surface area contributed by atoms with Gasteiger partial charge in [0, 0.05) is 44.1 Å². The summed E-state index contributed by atoms with van der Waals surface area (Å²) in [5.41, 5.74) is 2.69. The molecular weight excluding hydrogens is 825 g/mol. The number of rotatable bonds is 26. The minimum Gasteiger partial charge on any atom is -0.496 e. The van der Waals surface area contributed by atoms with Gasteiger partial charge in [-0.3, -0.25) is 9.69 Å². The number of amides is 1. The van der Waals surface area contributed by atoms with Gasteiger partial charge in [0.1, 0.15) is 29.0 Å². The van der Waals surface area contributed by atoms with Gasteiger partial charge in [0.2, 0.25) is 12.1 Å². The number of hydrogen-bond donors (Lipinski definition) is 3. The highest BCUT2D eigenvalue weighted by molar-refractivity contribution is 6.03. The van der Waals surface area contributed by atoms with Crippen molar-refractivity contribution in [2.75, 3.05) is 66.5 Å². The van der Waals surface area contributed by atoms with E-state index in [4.69, 9.17) is 43.2 Å². The van der Waals surface area contributed by atoms with Crippen LogP contribution in [0, 0.1) is 17.8 Å². The molecule has 1 saturated heterocycles. The Balaban J connectivity index is 1.57. The van der Waals surface area contributed by atoms with Gasteiger partial charge in [0.25, 0.3) is 0 Å². The van der Waals surface area contributed by atoms with Crippen LogP contribution in [-0.4, -0.2) is 123 Å². The van der Waals surface area contributed by atoms with Crippen molar-refractivity contribution >= 4 is 18.1 Å². The fourth-order valence-corrected chi connectivity index (χ4v) is 9.65. The standard InChI is InChI=1S/C49H66N2O13/c1-4-6-25-60-48(56)51(20-27-58-28-23-54)44-32-41(50-64-45-15-9-12-26-59-45)39-30-34(13-7-10-21-52)38(14-8-11-22-53)46-40-31-37(62-36-16-18-42(57-3)35(29-36)33-55)17-19-43(40)63-49(44,47(39)46)61-24-5-2/h4-5,16-19,29-31,33-34,38,44-47,52-54H,1-2,6-15,20-28,32H2,3H3/t34-,38+,44-,45?,46+,47+,49+/m0/s1. The van der Waals surface area contributed by atoms with Crippen molar-refractivity contribution in [1.29, 1.82) is 0 Å². The molecule has 0 spiro atoms. The van der Waals surface area contributed by atoms with Crippen LogP contribution in [0.4, 0.5) is 4.79 Å². The number of aliphatic hydroxyl groups is 3. The van der Waals surface area contributed by atoms with E-state index in [-0.39, 0.29) is 77.0 Å². The molecule has 2 aliphatic heterocycles. The average molecular weight is 891 g/mol. The first-order valence-corrected chi connectivity index (χ1v) is 22.8. The van der Waals surface area contributed by atoms with Gasteiger partial charge in [-0.25, -0.2) is 4.79 Å². The van der Waals surface area contributed by atoms with Gasteiger partial charge >= 0.3 is 6.09 Å². The smallest absolute Gasteiger partial charge is 0.410 e. The molecule has 2 heterocycles. The van der Waals surface area contributed by atoms with Crippen molar-refractivity contribution in [3.05, 3.63) is 84.5 Å². The van der Waals surface area contributed by atoms with E-state index in [0.717, 1.165) is 55.9 Å². The number of nitrogens with zero attached hydrogens (tertiary/aromatic N) is 2. The zero-order valence-corrected chi connectivity index (χ0v) is 37.1. The van der Waals surface area contributed by atoms with E-state index < -0.39 is 30.1 Å². The summed E-state index contributed by atoms with van der Waals surface area (Å²) in [7, 11) is 1.50. The van der Waals surface area contributed by atoms with Gasteiger partial charge < -0.3 is 53.3 Å². The minimum absolute atomic E-state index is 0.00499. The molecule has 1 unspecified atom stereocenters. The summed E-state index contributed by atoms with van der Waals surface area (Å²) in [6.45, 7) is 8.72. The Kier molecular flexibility index (Phi) is 18.6. The lowest BCUT2D eigenvalue weighted by molar-refractivity contribution is -0.256. The molecular formula is C49H66N2O13. The second-order valence-electron chi connectivity index (χ2n) is 16.5. The SMILES string of the molecule is C=CCCOC(=O)N(CCOCCO)[C@H]1CC(=NOC2CCCCO2)C2=C[C@H](CCCCO)[C@@H](CCCCO)[C@@H]3c4cc(Oc5ccc(OC)c(C=O)c5)ccc4O[C@@]1(OCC=C)[C@H]23. The van der Waals surface area contributed by atoms with E-state index in [1.54, 1.807) is 41.3 Å². The number of benzene rings is 2. The molecule has 0 aromatic heterocycles. The van der Waals surface area contributed by atoms with Crippen LogP contribution in [-0.2, 0) is 23.8 Å². The largest absolute Gasteiger partial charge is 0.496 e. The zero-order chi connectivity index (χ0) is 45.3. The highest BCUT2D eigenvalue weighted by Crippen LogP contribution is 2.62. The first kappa shape index (κ1) is 48.7. The lowest BCUT2D eigenvalue weighted by atomic mass is 9.55. The fraction of sp³-hybridized carbons (Fsp3) is 0.571. The Labute approximate surface area is 376 Å². The quantitative estimate of drug-likeness (QED) is 0.0366. The summed E-state index contributed by atoms with van der Waals surface area (Å²) < 4.78 is 43.8. The van der Waals surface area contributed by atoms with E-state index in [0.29, 0.717) is 66.6 Å². The van der Waals surface area contributed by atoms with Crippen LogP contribution in [0.25, 0.3) is 0 Å². The molecule has 6 rings (SSSR count). The van der Waals surface area contributed by atoms with Gasteiger partial charge in [-0.1, -0.05) is 36.2 Å². The number of ether oxygens (including phenoxy) is 7. The number of unbranched alkanes of at least 4 members (excludes halogenated alkanes) is 2. The Morgan fingerprint density at radius 2 is 1.77 bits per heavy atom. The van der Waals surface area contributed by atoms with Crippen molar-refractivity contribution in [3.63, 3.8) is 0 Å². The van der Waals surface area contributed by atoms with E-state index >= 15 is 0 Å². The summed E-state index contributed by atoms with van der Waals surface area (Å²) in [5.74, 6) is -0.540. The molecule has 64 heavy (non-hydrogen) atoms. The second kappa shape index (κ2) is 24.5. The molecule has 350 valence electrons. The molecule has 2 aromatic rings. The third-order valence-electron chi connectivity index (χ3n) is 12.5. The second-order valence-corrected chi connectivity index (χ2v) is 16.5. The monoisotopic (exact) mass is 890 g/mol. The van der Waals surface area contributed by atoms with E-state index in [2.05, 4.69) is 19.2 Å². The molecule has 2 aliphatic carbocycles. The number of allylic oxidation sites excluding steroid dienone is 1. The number of carbonyl (C=O) groups excluding carboxylic acids is 2. The molecule has 1 saturated carbocycles. The maximum atomic E-state index is 14.5. The van der Waals surface area contributed by atoms with Crippen LogP contribution in [0.3, 0.4) is 0 Å². The van der Waals surface area contributed by atoms with Crippen LogP contribution in [0.1, 0.15) is 92.5 Å². The predicted octanol–water partition coefficient (Wildman–Crippen LogP) is 7.48. The maximum Gasteiger partial charge on any atom is 0.410 e. The summed E-state index contributed by atoms with van der Waals surface area (Å²) in [5, 5.41) is 34.4. The first-order chi connectivity index (χ1) is 31.4. The Morgan fingerprint density at radius 3 is 2.48 bits per heavy atom. The van der Waals surface area contributed by atoms with Gasteiger partial charge in [-0.05, 0) is 98.8 Å². The van der Waals surface area contributed by atoms with Crippen LogP contribution in [0.15, 0.2) is 78.5 Å². The molecule has 2 fully saturated rings. The summed E-state index contributed by atoms with van der Waals surface area (Å²) in [6.07, 6.45) is 12.6. The molecule has 15 nitrogen and oxygen atoms in total. The van der Waals surface area contributed by atoms with E-state index in [1.165, 1.54) is 7.11 Å². The van der Waals surface area contributed by atoms with Crippen LogP contribution >= 0.6 is 0 Å². The van der Waals surface area contributed by atoms with Gasteiger partial charge in [0.15, 0.2) is 6.29 Å². The van der Waals surface area contributed by atoms with Crippen LogP contribution in [0.5, 0.6) is 23.0 Å². The number of methoxy groups -OCH3 is 1. The van der Waals surface area contributed by atoms with Gasteiger partial charge in [0.05, 0.1) is 63.9 Å². The van der Waals surface area contributed by atoms with Gasteiger partial charge in [-0.15, -0.1) is 13.2 Å². The number of hydrogen-bond acceptors (Lipinski definition) is 14. The molecule has 1 amide bonds. The van der Waals surface area contributed by atoms with Crippen molar-refractivity contribution in [2.24, 2.45) is 22.9 Å². The number of aldehydes is 1. The molecule has 4 aliphatic rings. The average Bonchev–Trinajstić information content (AvgIpc) is 3.32.